The topological polar surface area (TPSA) is 86.4 Å². The van der Waals surface area contributed by atoms with Crippen molar-refractivity contribution in [3.8, 4) is 11.1 Å². The average Bonchev–Trinajstić information content (AvgIpc) is 3.33. The molecule has 170 valence electrons. The van der Waals surface area contributed by atoms with Crippen LogP contribution in [0.2, 0.25) is 0 Å². The lowest BCUT2D eigenvalue weighted by molar-refractivity contribution is -0.130. The summed E-state index contributed by atoms with van der Waals surface area (Å²) in [5, 5.41) is 0.637. The molecule has 7 heteroatoms. The van der Waals surface area contributed by atoms with Gasteiger partial charge in [-0.1, -0.05) is 48.5 Å². The number of pyridine rings is 1. The van der Waals surface area contributed by atoms with Gasteiger partial charge in [-0.2, -0.15) is 0 Å². The molecule has 0 saturated carbocycles. The molecular weight excluding hydrogens is 428 g/mol. The lowest BCUT2D eigenvalue weighted by atomic mass is 9.99. The summed E-state index contributed by atoms with van der Waals surface area (Å²) in [7, 11) is 0. The highest BCUT2D eigenvalue weighted by molar-refractivity contribution is 6.45. The van der Waals surface area contributed by atoms with Gasteiger partial charge in [0.1, 0.15) is 5.65 Å². The summed E-state index contributed by atoms with van der Waals surface area (Å²) in [5.74, 6) is -1.21. The van der Waals surface area contributed by atoms with Crippen molar-refractivity contribution < 1.29 is 14.4 Å². The van der Waals surface area contributed by atoms with Crippen LogP contribution in [0.5, 0.6) is 0 Å². The van der Waals surface area contributed by atoms with Crippen molar-refractivity contribution >= 4 is 28.6 Å². The minimum Gasteiger partial charge on any atom is -0.345 e. The standard InChI is InChI=1S/C27H24N4O3/c1-18-17-30(26(33)20-10-6-3-7-11-20)14-15-31(18)27(34)24(32)22-16-29-25-23(22)21(12-13-28-25)19-8-4-2-5-9-19/h2-13,16,18H,14-15,17H2,1H3,(H,28,29)/t18-/m1/s1. The van der Waals surface area contributed by atoms with E-state index in [0.717, 1.165) is 11.1 Å². The first-order valence-electron chi connectivity index (χ1n) is 11.3. The van der Waals surface area contributed by atoms with E-state index in [0.29, 0.717) is 41.8 Å². The van der Waals surface area contributed by atoms with E-state index in [1.54, 1.807) is 34.3 Å². The molecule has 1 N–H and O–H groups in total. The molecule has 0 bridgehead atoms. The van der Waals surface area contributed by atoms with Gasteiger partial charge in [0.25, 0.3) is 17.6 Å². The van der Waals surface area contributed by atoms with Gasteiger partial charge < -0.3 is 14.8 Å². The Hall–Kier alpha value is -4.26. The lowest BCUT2D eigenvalue weighted by Crippen LogP contribution is -2.56. The van der Waals surface area contributed by atoms with E-state index < -0.39 is 11.7 Å². The molecule has 7 nitrogen and oxygen atoms in total. The van der Waals surface area contributed by atoms with Crippen LogP contribution in [0, 0.1) is 0 Å². The molecule has 1 aliphatic rings. The van der Waals surface area contributed by atoms with Crippen molar-refractivity contribution in [3.05, 3.63) is 90.3 Å². The number of ketones is 1. The van der Waals surface area contributed by atoms with Crippen LogP contribution in [-0.4, -0.2) is 63.0 Å². The number of Topliss-reactive ketones (excluding diaryl/α,β-unsaturated/α-hetero) is 1. The quantitative estimate of drug-likeness (QED) is 0.377. The summed E-state index contributed by atoms with van der Waals surface area (Å²) in [5.41, 5.74) is 3.27. The zero-order chi connectivity index (χ0) is 23.7. The van der Waals surface area contributed by atoms with Crippen LogP contribution in [0.3, 0.4) is 0 Å². The van der Waals surface area contributed by atoms with Crippen LogP contribution in [0.15, 0.2) is 79.1 Å². The molecule has 2 aromatic heterocycles. The summed E-state index contributed by atoms with van der Waals surface area (Å²) in [6.45, 7) is 2.91. The van der Waals surface area contributed by atoms with Crippen LogP contribution in [0.4, 0.5) is 0 Å². The molecule has 5 rings (SSSR count). The number of rotatable bonds is 4. The molecule has 1 fully saturated rings. The molecule has 2 aromatic carbocycles. The maximum Gasteiger partial charge on any atom is 0.295 e. The molecule has 0 radical (unpaired) electrons. The van der Waals surface area contributed by atoms with Crippen molar-refractivity contribution in [2.24, 2.45) is 0 Å². The average molecular weight is 453 g/mol. The minimum absolute atomic E-state index is 0.0684. The predicted octanol–water partition coefficient (Wildman–Crippen LogP) is 3.79. The van der Waals surface area contributed by atoms with Gasteiger partial charge in [-0.25, -0.2) is 4.98 Å². The first kappa shape index (κ1) is 21.6. The third kappa shape index (κ3) is 3.85. The Morgan fingerprint density at radius 1 is 0.941 bits per heavy atom. The molecule has 34 heavy (non-hydrogen) atoms. The highest BCUT2D eigenvalue weighted by Gasteiger charge is 2.34. The molecule has 1 atom stereocenters. The third-order valence-electron chi connectivity index (χ3n) is 6.29. The molecule has 0 spiro atoms. The normalized spacial score (nSPS) is 16.0. The number of piperazine rings is 1. The van der Waals surface area contributed by atoms with E-state index in [1.807, 2.05) is 61.5 Å². The fourth-order valence-electron chi connectivity index (χ4n) is 4.55. The number of H-pyrrole nitrogens is 1. The van der Waals surface area contributed by atoms with Gasteiger partial charge in [-0.3, -0.25) is 14.4 Å². The highest BCUT2D eigenvalue weighted by atomic mass is 16.2. The van der Waals surface area contributed by atoms with Gasteiger partial charge in [0.2, 0.25) is 0 Å². The Bertz CT molecular complexity index is 1360. The summed E-state index contributed by atoms with van der Waals surface area (Å²) >= 11 is 0. The van der Waals surface area contributed by atoms with Gasteiger partial charge >= 0.3 is 0 Å². The van der Waals surface area contributed by atoms with Gasteiger partial charge in [-0.05, 0) is 36.2 Å². The van der Waals surface area contributed by atoms with Crippen molar-refractivity contribution in [1.29, 1.82) is 0 Å². The van der Waals surface area contributed by atoms with Crippen LogP contribution in [0.25, 0.3) is 22.2 Å². The zero-order valence-corrected chi connectivity index (χ0v) is 18.8. The maximum atomic E-state index is 13.4. The SMILES string of the molecule is C[C@@H]1CN(C(=O)c2ccccc2)CCN1C(=O)C(=O)c1c[nH]c2nccc(-c3ccccc3)c12. The summed E-state index contributed by atoms with van der Waals surface area (Å²) in [6.07, 6.45) is 3.24. The minimum atomic E-state index is -0.578. The second kappa shape index (κ2) is 8.94. The van der Waals surface area contributed by atoms with E-state index in [2.05, 4.69) is 9.97 Å². The Morgan fingerprint density at radius 3 is 2.35 bits per heavy atom. The fourth-order valence-corrected chi connectivity index (χ4v) is 4.55. The van der Waals surface area contributed by atoms with E-state index in [4.69, 9.17) is 0 Å². The number of aromatic nitrogens is 2. The van der Waals surface area contributed by atoms with Crippen molar-refractivity contribution in [2.75, 3.05) is 19.6 Å². The van der Waals surface area contributed by atoms with E-state index in [1.165, 1.54) is 0 Å². The number of hydrogen-bond acceptors (Lipinski definition) is 4. The van der Waals surface area contributed by atoms with E-state index >= 15 is 0 Å². The Morgan fingerprint density at radius 2 is 1.65 bits per heavy atom. The second-order valence-corrected chi connectivity index (χ2v) is 8.44. The van der Waals surface area contributed by atoms with Crippen molar-refractivity contribution in [1.82, 2.24) is 19.8 Å². The van der Waals surface area contributed by atoms with Gasteiger partial charge in [0.15, 0.2) is 0 Å². The molecular formula is C27H24N4O3. The number of benzene rings is 2. The monoisotopic (exact) mass is 452 g/mol. The molecule has 0 aliphatic carbocycles. The van der Waals surface area contributed by atoms with Gasteiger partial charge in [0, 0.05) is 49.0 Å². The number of nitrogens with zero attached hydrogens (tertiary/aromatic N) is 3. The third-order valence-corrected chi connectivity index (χ3v) is 6.29. The van der Waals surface area contributed by atoms with Crippen LogP contribution >= 0.6 is 0 Å². The molecule has 1 aliphatic heterocycles. The summed E-state index contributed by atoms with van der Waals surface area (Å²) < 4.78 is 0. The first-order valence-corrected chi connectivity index (χ1v) is 11.3. The molecule has 0 unspecified atom stereocenters. The summed E-state index contributed by atoms with van der Waals surface area (Å²) in [4.78, 5) is 50.1. The largest absolute Gasteiger partial charge is 0.345 e. The number of fused-ring (bicyclic) bond motifs is 1. The van der Waals surface area contributed by atoms with Crippen LogP contribution in [0.1, 0.15) is 27.6 Å². The predicted molar refractivity (Wildman–Crippen MR) is 129 cm³/mol. The van der Waals surface area contributed by atoms with E-state index in [-0.39, 0.29) is 11.9 Å². The molecule has 2 amide bonds. The second-order valence-electron chi connectivity index (χ2n) is 8.44. The Balaban J connectivity index is 1.38. The summed E-state index contributed by atoms with van der Waals surface area (Å²) in [6, 6.07) is 20.4. The number of carbonyl (C=O) groups is 3. The fraction of sp³-hybridized carbons (Fsp3) is 0.185. The Labute approximate surface area is 197 Å². The van der Waals surface area contributed by atoms with Crippen molar-refractivity contribution in [3.63, 3.8) is 0 Å². The highest BCUT2D eigenvalue weighted by Crippen LogP contribution is 2.30. The number of hydrogen-bond donors (Lipinski definition) is 1. The molecule has 3 heterocycles. The zero-order valence-electron chi connectivity index (χ0n) is 18.8. The van der Waals surface area contributed by atoms with Crippen LogP contribution < -0.4 is 0 Å². The van der Waals surface area contributed by atoms with Gasteiger partial charge in [0.05, 0.1) is 5.56 Å². The molecule has 4 aromatic rings. The number of amides is 2. The van der Waals surface area contributed by atoms with Gasteiger partial charge in [-0.15, -0.1) is 0 Å². The maximum absolute atomic E-state index is 13.4. The van der Waals surface area contributed by atoms with Crippen molar-refractivity contribution in [2.45, 2.75) is 13.0 Å². The van der Waals surface area contributed by atoms with E-state index in [9.17, 15) is 14.4 Å². The smallest absolute Gasteiger partial charge is 0.295 e. The first-order chi connectivity index (χ1) is 16.5. The molecule has 1 saturated heterocycles. The Kier molecular flexibility index (Phi) is 5.67. The number of aromatic amines is 1. The number of carbonyl (C=O) groups excluding carboxylic acids is 3. The lowest BCUT2D eigenvalue weighted by Gasteiger charge is -2.39. The number of nitrogens with one attached hydrogen (secondary N) is 1. The van der Waals surface area contributed by atoms with Crippen LogP contribution in [-0.2, 0) is 4.79 Å².